The van der Waals surface area contributed by atoms with Crippen molar-refractivity contribution in [1.29, 1.82) is 0 Å². The molecule has 2 aromatic rings. The highest BCUT2D eigenvalue weighted by molar-refractivity contribution is 5.37. The van der Waals surface area contributed by atoms with Crippen LogP contribution in [0.2, 0.25) is 0 Å². The van der Waals surface area contributed by atoms with Crippen molar-refractivity contribution in [2.75, 3.05) is 13.6 Å². The van der Waals surface area contributed by atoms with Crippen LogP contribution in [0.4, 0.5) is 0 Å². The monoisotopic (exact) mass is 280 g/mol. The van der Waals surface area contributed by atoms with Crippen LogP contribution in [0.25, 0.3) is 0 Å². The molecule has 2 heteroatoms. The van der Waals surface area contributed by atoms with Gasteiger partial charge >= 0.3 is 0 Å². The summed E-state index contributed by atoms with van der Waals surface area (Å²) in [5.41, 5.74) is 10.5. The maximum Gasteiger partial charge on any atom is 0.0586 e. The fourth-order valence-electron chi connectivity index (χ4n) is 3.67. The lowest BCUT2D eigenvalue weighted by Gasteiger charge is -2.45. The first-order valence-corrected chi connectivity index (χ1v) is 7.80. The topological polar surface area (TPSA) is 29.3 Å². The van der Waals surface area contributed by atoms with Gasteiger partial charge in [-0.15, -0.1) is 0 Å². The molecule has 1 unspecified atom stereocenters. The summed E-state index contributed by atoms with van der Waals surface area (Å²) in [6.07, 6.45) is 3.54. The van der Waals surface area contributed by atoms with Gasteiger partial charge in [0.15, 0.2) is 0 Å². The van der Waals surface area contributed by atoms with Crippen molar-refractivity contribution in [3.63, 3.8) is 0 Å². The second kappa shape index (κ2) is 6.00. The van der Waals surface area contributed by atoms with Crippen molar-refractivity contribution in [1.82, 2.24) is 4.90 Å². The fraction of sp³-hybridized carbons (Fsp3) is 0.368. The molecule has 0 saturated carbocycles. The van der Waals surface area contributed by atoms with Crippen molar-refractivity contribution in [3.8, 4) is 0 Å². The average molecular weight is 280 g/mol. The molecule has 2 aromatic carbocycles. The van der Waals surface area contributed by atoms with Gasteiger partial charge in [0.1, 0.15) is 0 Å². The zero-order valence-electron chi connectivity index (χ0n) is 12.8. The van der Waals surface area contributed by atoms with Crippen LogP contribution in [0.3, 0.4) is 0 Å². The van der Waals surface area contributed by atoms with Crippen LogP contribution >= 0.6 is 0 Å². The molecule has 0 saturated heterocycles. The van der Waals surface area contributed by atoms with Gasteiger partial charge in [-0.1, -0.05) is 54.6 Å². The number of nitrogens with zero attached hydrogens (tertiary/aromatic N) is 1. The molecule has 110 valence electrons. The molecule has 1 atom stereocenters. The summed E-state index contributed by atoms with van der Waals surface area (Å²) in [5.74, 6) is 0. The van der Waals surface area contributed by atoms with Crippen LogP contribution in [0.15, 0.2) is 54.6 Å². The third kappa shape index (κ3) is 2.61. The van der Waals surface area contributed by atoms with Crippen LogP contribution in [-0.2, 0) is 18.5 Å². The normalized spacial score (nSPS) is 21.3. The van der Waals surface area contributed by atoms with Crippen LogP contribution in [0, 0.1) is 0 Å². The standard InChI is InChI=1S/C19H24N2/c1-21(14-16-8-3-2-4-9-16)19(15-20)13-7-11-17-10-5-6-12-18(17)19/h2-6,8-10,12H,7,11,13-15,20H2,1H3. The molecule has 2 nitrogen and oxygen atoms in total. The number of benzene rings is 2. The number of rotatable bonds is 4. The van der Waals surface area contributed by atoms with E-state index < -0.39 is 0 Å². The minimum atomic E-state index is -0.0231. The predicted octanol–water partition coefficient (Wildman–Crippen LogP) is 3.31. The van der Waals surface area contributed by atoms with E-state index in [1.807, 2.05) is 0 Å². The highest BCUT2D eigenvalue weighted by Crippen LogP contribution is 2.39. The molecule has 0 bridgehead atoms. The second-order valence-corrected chi connectivity index (χ2v) is 6.09. The first-order valence-electron chi connectivity index (χ1n) is 7.80. The highest BCUT2D eigenvalue weighted by Gasteiger charge is 2.38. The average Bonchev–Trinajstić information content (AvgIpc) is 2.55. The Kier molecular flexibility index (Phi) is 4.09. The van der Waals surface area contributed by atoms with Crippen molar-refractivity contribution < 1.29 is 0 Å². The maximum absolute atomic E-state index is 6.27. The Hall–Kier alpha value is -1.64. The van der Waals surface area contributed by atoms with E-state index in [-0.39, 0.29) is 5.54 Å². The molecule has 0 radical (unpaired) electrons. The summed E-state index contributed by atoms with van der Waals surface area (Å²) in [4.78, 5) is 2.44. The van der Waals surface area contributed by atoms with Gasteiger partial charge in [-0.05, 0) is 43.0 Å². The van der Waals surface area contributed by atoms with Crippen molar-refractivity contribution in [3.05, 3.63) is 71.3 Å². The number of fused-ring (bicyclic) bond motifs is 1. The number of hydrogen-bond acceptors (Lipinski definition) is 2. The molecular weight excluding hydrogens is 256 g/mol. The lowest BCUT2D eigenvalue weighted by molar-refractivity contribution is 0.0959. The smallest absolute Gasteiger partial charge is 0.0586 e. The van der Waals surface area contributed by atoms with Gasteiger partial charge < -0.3 is 5.73 Å². The molecule has 21 heavy (non-hydrogen) atoms. The Balaban J connectivity index is 1.94. The molecular formula is C19H24N2. The Labute approximate surface area is 127 Å². The molecule has 2 N–H and O–H groups in total. The van der Waals surface area contributed by atoms with Gasteiger partial charge in [-0.25, -0.2) is 0 Å². The number of likely N-dealkylation sites (N-methyl/N-ethyl adjacent to an activating group) is 1. The molecule has 3 rings (SSSR count). The van der Waals surface area contributed by atoms with Crippen LogP contribution < -0.4 is 5.73 Å². The zero-order chi connectivity index (χ0) is 14.7. The van der Waals surface area contributed by atoms with Crippen LogP contribution in [0.5, 0.6) is 0 Å². The second-order valence-electron chi connectivity index (χ2n) is 6.09. The highest BCUT2D eigenvalue weighted by atomic mass is 15.2. The first kappa shape index (κ1) is 14.3. The minimum Gasteiger partial charge on any atom is -0.328 e. The molecule has 1 aliphatic carbocycles. The Morgan fingerprint density at radius 2 is 1.76 bits per heavy atom. The van der Waals surface area contributed by atoms with E-state index in [4.69, 9.17) is 5.73 Å². The molecule has 0 amide bonds. The maximum atomic E-state index is 6.27. The van der Waals surface area contributed by atoms with Crippen LogP contribution in [0.1, 0.15) is 29.5 Å². The van der Waals surface area contributed by atoms with E-state index in [0.29, 0.717) is 6.54 Å². The SMILES string of the molecule is CN(Cc1ccccc1)C1(CN)CCCc2ccccc21. The zero-order valence-corrected chi connectivity index (χ0v) is 12.8. The fourth-order valence-corrected chi connectivity index (χ4v) is 3.67. The molecule has 0 aliphatic heterocycles. The molecule has 0 spiro atoms. The summed E-state index contributed by atoms with van der Waals surface area (Å²) >= 11 is 0. The summed E-state index contributed by atoms with van der Waals surface area (Å²) in [7, 11) is 2.21. The third-order valence-corrected chi connectivity index (χ3v) is 4.89. The summed E-state index contributed by atoms with van der Waals surface area (Å²) in [6, 6.07) is 19.5. The van der Waals surface area contributed by atoms with E-state index >= 15 is 0 Å². The first-order chi connectivity index (χ1) is 10.3. The molecule has 0 heterocycles. The third-order valence-electron chi connectivity index (χ3n) is 4.89. The predicted molar refractivity (Wildman–Crippen MR) is 88.0 cm³/mol. The van der Waals surface area contributed by atoms with Crippen molar-refractivity contribution in [2.24, 2.45) is 5.73 Å². The largest absolute Gasteiger partial charge is 0.328 e. The van der Waals surface area contributed by atoms with E-state index in [9.17, 15) is 0 Å². The van der Waals surface area contributed by atoms with Crippen molar-refractivity contribution >= 4 is 0 Å². The van der Waals surface area contributed by atoms with Gasteiger partial charge in [0.05, 0.1) is 5.54 Å². The quantitative estimate of drug-likeness (QED) is 0.931. The van der Waals surface area contributed by atoms with Crippen LogP contribution in [-0.4, -0.2) is 18.5 Å². The molecule has 0 aromatic heterocycles. The van der Waals surface area contributed by atoms with E-state index in [1.165, 1.54) is 29.5 Å². The van der Waals surface area contributed by atoms with E-state index in [1.54, 1.807) is 0 Å². The molecule has 1 aliphatic rings. The minimum absolute atomic E-state index is 0.0231. The summed E-state index contributed by atoms with van der Waals surface area (Å²) < 4.78 is 0. The lowest BCUT2D eigenvalue weighted by Crippen LogP contribution is -2.51. The van der Waals surface area contributed by atoms with Gasteiger partial charge in [0.2, 0.25) is 0 Å². The number of nitrogens with two attached hydrogens (primary N) is 1. The lowest BCUT2D eigenvalue weighted by atomic mass is 9.75. The van der Waals surface area contributed by atoms with Crippen molar-refractivity contribution in [2.45, 2.75) is 31.3 Å². The van der Waals surface area contributed by atoms with Gasteiger partial charge in [0.25, 0.3) is 0 Å². The van der Waals surface area contributed by atoms with E-state index in [0.717, 1.165) is 13.0 Å². The Morgan fingerprint density at radius 1 is 1.05 bits per heavy atom. The summed E-state index contributed by atoms with van der Waals surface area (Å²) in [5, 5.41) is 0. The van der Waals surface area contributed by atoms with Gasteiger partial charge in [0, 0.05) is 13.1 Å². The van der Waals surface area contributed by atoms with Gasteiger partial charge in [-0.3, -0.25) is 4.90 Å². The molecule has 0 fully saturated rings. The van der Waals surface area contributed by atoms with Gasteiger partial charge in [-0.2, -0.15) is 0 Å². The Morgan fingerprint density at radius 3 is 2.52 bits per heavy atom. The summed E-state index contributed by atoms with van der Waals surface area (Å²) in [6.45, 7) is 1.61. The number of aryl methyl sites for hydroxylation is 1. The Bertz CT molecular complexity index is 594. The van der Waals surface area contributed by atoms with E-state index in [2.05, 4.69) is 66.5 Å². The number of hydrogen-bond donors (Lipinski definition) is 1.